The fraction of sp³-hybridized carbons (Fsp3) is 0. The van der Waals surface area contributed by atoms with Crippen molar-refractivity contribution in [1.82, 2.24) is 0 Å². The zero-order valence-corrected chi connectivity index (χ0v) is 14.4. The van der Waals surface area contributed by atoms with Gasteiger partial charge in [-0.25, -0.2) is 0 Å². The van der Waals surface area contributed by atoms with Crippen molar-refractivity contribution in [1.29, 1.82) is 0 Å². The summed E-state index contributed by atoms with van der Waals surface area (Å²) < 4.78 is 5.78. The average molecular weight is 337 g/mol. The van der Waals surface area contributed by atoms with Crippen LogP contribution in [-0.2, 0) is 0 Å². The van der Waals surface area contributed by atoms with Crippen LogP contribution in [0.3, 0.4) is 0 Å². The lowest BCUT2D eigenvalue weighted by Gasteiger charge is -2.08. The summed E-state index contributed by atoms with van der Waals surface area (Å²) in [7, 11) is 0. The van der Waals surface area contributed by atoms with Crippen LogP contribution in [0.1, 0.15) is 0 Å². The molecular weight excluding hydrogens is 318 g/mol. The lowest BCUT2D eigenvalue weighted by atomic mass is 10.1. The van der Waals surface area contributed by atoms with E-state index in [4.69, 9.17) is 4.42 Å². The maximum absolute atomic E-state index is 5.78. The second kappa shape index (κ2) is 6.77. The molecule has 1 N–H and O–H groups in total. The van der Waals surface area contributed by atoms with E-state index in [2.05, 4.69) is 54.9 Å². The number of hydrogen-bond acceptors (Lipinski definition) is 2. The maximum atomic E-state index is 5.78. The van der Waals surface area contributed by atoms with Crippen LogP contribution in [0.4, 0.5) is 5.69 Å². The van der Waals surface area contributed by atoms with E-state index in [9.17, 15) is 0 Å². The Kier molecular flexibility index (Phi) is 4.16. The predicted octanol–water partition coefficient (Wildman–Crippen LogP) is 4.92. The van der Waals surface area contributed by atoms with Crippen molar-refractivity contribution in [2.24, 2.45) is 0 Å². The number of hydrogen-bond donors (Lipinski definition) is 1. The first-order chi connectivity index (χ1) is 12.8. The van der Waals surface area contributed by atoms with Crippen molar-refractivity contribution in [2.75, 3.05) is 5.32 Å². The lowest BCUT2D eigenvalue weighted by Crippen LogP contribution is -2.24. The van der Waals surface area contributed by atoms with Gasteiger partial charge in [0.15, 0.2) is 0 Å². The summed E-state index contributed by atoms with van der Waals surface area (Å²) in [6, 6.07) is 26.6. The number of fused-ring (bicyclic) bond motifs is 1. The summed E-state index contributed by atoms with van der Waals surface area (Å²) in [5, 5.41) is 5.42. The van der Waals surface area contributed by atoms with Crippen LogP contribution in [0.15, 0.2) is 95.9 Å². The van der Waals surface area contributed by atoms with Gasteiger partial charge in [-0.05, 0) is 35.4 Å². The summed E-state index contributed by atoms with van der Waals surface area (Å²) >= 11 is 0. The van der Waals surface area contributed by atoms with Crippen LogP contribution in [-0.4, -0.2) is 0 Å². The molecule has 0 saturated carbocycles. The molecule has 0 aliphatic rings. The molecule has 0 saturated heterocycles. The number of nitrogens with one attached hydrogen (secondary N) is 1. The Bertz CT molecular complexity index is 1170. The normalized spacial score (nSPS) is 12.0. The van der Waals surface area contributed by atoms with Crippen LogP contribution in [0.5, 0.6) is 0 Å². The van der Waals surface area contributed by atoms with Crippen molar-refractivity contribution >= 4 is 28.9 Å². The van der Waals surface area contributed by atoms with Crippen LogP contribution in [0, 0.1) is 0 Å². The van der Waals surface area contributed by atoms with Gasteiger partial charge in [-0.2, -0.15) is 0 Å². The molecule has 0 aliphatic carbocycles. The lowest BCUT2D eigenvalue weighted by molar-refractivity contribution is 0.577. The molecule has 126 valence electrons. The van der Waals surface area contributed by atoms with Crippen LogP contribution in [0.2, 0.25) is 0 Å². The monoisotopic (exact) mass is 337 g/mol. The standard InChI is InChI=1S/C24H19NO/c1-3-22(24-17(2)26-23-12-8-7-11-21(23)24)25-20-15-13-19(14-16-20)18-9-5-4-6-10-18/h3-16,25H,1-2H2/b24-22-. The highest BCUT2D eigenvalue weighted by Gasteiger charge is 2.06. The predicted molar refractivity (Wildman–Crippen MR) is 110 cm³/mol. The molecule has 0 amide bonds. The van der Waals surface area contributed by atoms with Crippen molar-refractivity contribution in [3.63, 3.8) is 0 Å². The van der Waals surface area contributed by atoms with E-state index < -0.39 is 0 Å². The molecule has 1 heterocycles. The first-order valence-corrected chi connectivity index (χ1v) is 8.52. The first kappa shape index (κ1) is 16.0. The fourth-order valence-corrected chi connectivity index (χ4v) is 3.14. The largest absolute Gasteiger partial charge is 0.457 e. The highest BCUT2D eigenvalue weighted by molar-refractivity contribution is 5.84. The first-order valence-electron chi connectivity index (χ1n) is 8.52. The maximum Gasteiger partial charge on any atom is 0.135 e. The number of benzene rings is 3. The van der Waals surface area contributed by atoms with Crippen molar-refractivity contribution in [2.45, 2.75) is 0 Å². The van der Waals surface area contributed by atoms with E-state index in [-0.39, 0.29) is 0 Å². The Hall–Kier alpha value is -3.52. The third-order valence-electron chi connectivity index (χ3n) is 4.41. The number of para-hydroxylation sites is 1. The average Bonchev–Trinajstić information content (AvgIpc) is 3.03. The van der Waals surface area contributed by atoms with Crippen molar-refractivity contribution < 1.29 is 4.42 Å². The summed E-state index contributed by atoms with van der Waals surface area (Å²) in [5.41, 5.74) is 5.72. The molecule has 4 aromatic rings. The Balaban J connectivity index is 1.74. The second-order valence-corrected chi connectivity index (χ2v) is 6.08. The molecule has 2 nitrogen and oxygen atoms in total. The molecule has 4 rings (SSSR count). The van der Waals surface area contributed by atoms with Gasteiger partial charge in [0.05, 0.1) is 5.22 Å². The summed E-state index contributed by atoms with van der Waals surface area (Å²) in [5.74, 6) is 0. The molecule has 0 spiro atoms. The summed E-state index contributed by atoms with van der Waals surface area (Å²) in [4.78, 5) is 0. The molecular formula is C24H19NO. The van der Waals surface area contributed by atoms with Gasteiger partial charge in [0.25, 0.3) is 0 Å². The molecule has 2 heteroatoms. The van der Waals surface area contributed by atoms with Crippen LogP contribution in [0.25, 0.3) is 34.4 Å². The quantitative estimate of drug-likeness (QED) is 0.572. The third-order valence-corrected chi connectivity index (χ3v) is 4.41. The number of anilines is 1. The molecule has 3 aromatic carbocycles. The van der Waals surface area contributed by atoms with Gasteiger partial charge in [-0.15, -0.1) is 0 Å². The zero-order valence-electron chi connectivity index (χ0n) is 14.4. The van der Waals surface area contributed by atoms with Crippen LogP contribution >= 0.6 is 0 Å². The number of rotatable bonds is 4. The molecule has 0 radical (unpaired) electrons. The minimum absolute atomic E-state index is 0.634. The Morgan fingerprint density at radius 2 is 1.46 bits per heavy atom. The summed E-state index contributed by atoms with van der Waals surface area (Å²) in [6.45, 7) is 8.00. The van der Waals surface area contributed by atoms with Gasteiger partial charge in [0.2, 0.25) is 0 Å². The highest BCUT2D eigenvalue weighted by Crippen LogP contribution is 2.22. The SMILES string of the molecule is C=C/C(Nc1ccc(-c2ccccc2)cc1)=c1\c(=C)oc2ccccc12. The van der Waals surface area contributed by atoms with Gasteiger partial charge in [-0.1, -0.05) is 73.8 Å². The van der Waals surface area contributed by atoms with E-state index >= 15 is 0 Å². The zero-order chi connectivity index (χ0) is 17.9. The van der Waals surface area contributed by atoms with E-state index in [1.54, 1.807) is 6.08 Å². The molecule has 1 aromatic heterocycles. The van der Waals surface area contributed by atoms with E-state index in [0.29, 0.717) is 5.42 Å². The molecule has 0 aliphatic heterocycles. The molecule has 26 heavy (non-hydrogen) atoms. The second-order valence-electron chi connectivity index (χ2n) is 6.08. The molecule has 0 atom stereocenters. The van der Waals surface area contributed by atoms with Crippen LogP contribution < -0.4 is 16.0 Å². The van der Waals surface area contributed by atoms with E-state index in [0.717, 1.165) is 27.6 Å². The van der Waals surface area contributed by atoms with E-state index in [1.807, 2.05) is 42.5 Å². The third kappa shape index (κ3) is 2.93. The molecule has 0 bridgehead atoms. The fourth-order valence-electron chi connectivity index (χ4n) is 3.14. The van der Waals surface area contributed by atoms with Crippen molar-refractivity contribution in [3.05, 3.63) is 102 Å². The van der Waals surface area contributed by atoms with Gasteiger partial charge in [0.1, 0.15) is 11.0 Å². The Labute approximate surface area is 152 Å². The van der Waals surface area contributed by atoms with Crippen molar-refractivity contribution in [3.8, 4) is 11.1 Å². The van der Waals surface area contributed by atoms with Gasteiger partial charge in [-0.3, -0.25) is 0 Å². The summed E-state index contributed by atoms with van der Waals surface area (Å²) in [6.07, 6.45) is 1.80. The molecule has 0 unspecified atom stereocenters. The highest BCUT2D eigenvalue weighted by atomic mass is 16.3. The molecule has 0 fully saturated rings. The number of furan rings is 1. The van der Waals surface area contributed by atoms with E-state index in [1.165, 1.54) is 11.1 Å². The minimum Gasteiger partial charge on any atom is -0.457 e. The Morgan fingerprint density at radius 1 is 0.808 bits per heavy atom. The smallest absolute Gasteiger partial charge is 0.135 e. The van der Waals surface area contributed by atoms with Gasteiger partial charge >= 0.3 is 0 Å². The topological polar surface area (TPSA) is 25.2 Å². The minimum atomic E-state index is 0.634. The Morgan fingerprint density at radius 3 is 2.19 bits per heavy atom. The van der Waals surface area contributed by atoms with Gasteiger partial charge < -0.3 is 9.73 Å². The van der Waals surface area contributed by atoms with Gasteiger partial charge in [0, 0.05) is 16.8 Å².